The maximum Gasteiger partial charge on any atom is 0.415 e. The monoisotopic (exact) mass is 470 g/mol. The van der Waals surface area contributed by atoms with E-state index >= 15 is 0 Å². The molecule has 0 atom stereocenters. The van der Waals surface area contributed by atoms with Crippen LogP contribution in [0.25, 0.3) is 11.1 Å². The van der Waals surface area contributed by atoms with Gasteiger partial charge in [0.2, 0.25) is 10.0 Å². The zero-order valence-electron chi connectivity index (χ0n) is 17.9. The number of piperazine rings is 1. The highest BCUT2D eigenvalue weighted by molar-refractivity contribution is 7.89. The van der Waals surface area contributed by atoms with Crippen molar-refractivity contribution in [2.45, 2.75) is 11.8 Å². The van der Waals surface area contributed by atoms with Crippen LogP contribution in [0.15, 0.2) is 71.6 Å². The van der Waals surface area contributed by atoms with Crippen molar-refractivity contribution in [2.24, 2.45) is 0 Å². The lowest BCUT2D eigenvalue weighted by molar-refractivity contribution is 0.131. The molecular weight excluding hydrogens is 447 g/mol. The van der Waals surface area contributed by atoms with Gasteiger partial charge in [0.05, 0.1) is 4.90 Å². The first-order valence-electron chi connectivity index (χ1n) is 10.4. The zero-order valence-corrected chi connectivity index (χ0v) is 18.8. The van der Waals surface area contributed by atoms with E-state index in [0.29, 0.717) is 11.1 Å². The molecule has 9 heteroatoms. The number of ether oxygens (including phenoxy) is 1. The Morgan fingerprint density at radius 1 is 0.909 bits per heavy atom. The maximum atomic E-state index is 13.1. The first-order valence-corrected chi connectivity index (χ1v) is 11.8. The second kappa shape index (κ2) is 9.21. The largest absolute Gasteiger partial charge is 0.504 e. The molecule has 0 aromatic heterocycles. The molecule has 0 spiro atoms. The molecule has 3 aromatic rings. The van der Waals surface area contributed by atoms with Crippen LogP contribution in [0.2, 0.25) is 0 Å². The van der Waals surface area contributed by atoms with Gasteiger partial charge in [-0.3, -0.25) is 0 Å². The zero-order chi connectivity index (χ0) is 23.6. The van der Waals surface area contributed by atoms with Gasteiger partial charge < -0.3 is 14.7 Å². The van der Waals surface area contributed by atoms with Crippen LogP contribution in [-0.2, 0) is 10.0 Å². The van der Waals surface area contributed by atoms with Gasteiger partial charge in [-0.25, -0.2) is 17.6 Å². The van der Waals surface area contributed by atoms with Crippen LogP contribution >= 0.6 is 0 Å². The number of phenolic OH excluding ortho intramolecular Hbond substituents is 1. The van der Waals surface area contributed by atoms with Gasteiger partial charge in [-0.15, -0.1) is 0 Å². The Kier molecular flexibility index (Phi) is 6.35. The van der Waals surface area contributed by atoms with Crippen molar-refractivity contribution < 1.29 is 27.4 Å². The first-order chi connectivity index (χ1) is 15.7. The van der Waals surface area contributed by atoms with E-state index in [0.717, 1.165) is 5.56 Å². The number of carbonyl (C=O) groups is 1. The molecule has 4 rings (SSSR count). The summed E-state index contributed by atoms with van der Waals surface area (Å²) >= 11 is 0. The molecule has 3 aromatic carbocycles. The summed E-state index contributed by atoms with van der Waals surface area (Å²) in [6.07, 6.45) is -0.674. The summed E-state index contributed by atoms with van der Waals surface area (Å²) in [5.41, 5.74) is 2.31. The Balaban J connectivity index is 1.38. The SMILES string of the molecule is Cc1ccc(S(=O)(=O)N2CCN(C(=O)Oc3ccc(-c4ccc(F)cc4)cc3O)CC2)cc1. The Bertz CT molecular complexity index is 1250. The van der Waals surface area contributed by atoms with Gasteiger partial charge in [0.1, 0.15) is 5.82 Å². The summed E-state index contributed by atoms with van der Waals surface area (Å²) in [7, 11) is -3.64. The first kappa shape index (κ1) is 22.8. The van der Waals surface area contributed by atoms with Crippen molar-refractivity contribution in [3.63, 3.8) is 0 Å². The number of amides is 1. The second-order valence-electron chi connectivity index (χ2n) is 7.76. The van der Waals surface area contributed by atoms with Gasteiger partial charge in [-0.1, -0.05) is 35.9 Å². The third-order valence-electron chi connectivity index (χ3n) is 5.49. The number of sulfonamides is 1. The lowest BCUT2D eigenvalue weighted by Gasteiger charge is -2.33. The van der Waals surface area contributed by atoms with E-state index in [-0.39, 0.29) is 48.4 Å². The quantitative estimate of drug-likeness (QED) is 0.623. The van der Waals surface area contributed by atoms with E-state index in [9.17, 15) is 22.7 Å². The van der Waals surface area contributed by atoms with Crippen LogP contribution < -0.4 is 4.74 Å². The van der Waals surface area contributed by atoms with E-state index in [2.05, 4.69) is 0 Å². The number of halogens is 1. The van der Waals surface area contributed by atoms with Crippen molar-refractivity contribution >= 4 is 16.1 Å². The second-order valence-corrected chi connectivity index (χ2v) is 9.70. The molecule has 0 radical (unpaired) electrons. The summed E-state index contributed by atoms with van der Waals surface area (Å²) in [5, 5.41) is 10.3. The minimum absolute atomic E-state index is 0.0134. The van der Waals surface area contributed by atoms with E-state index in [1.807, 2.05) is 6.92 Å². The molecular formula is C24H23FN2O5S. The molecule has 1 aliphatic rings. The highest BCUT2D eigenvalue weighted by atomic mass is 32.2. The van der Waals surface area contributed by atoms with Gasteiger partial charge in [0.25, 0.3) is 0 Å². The third-order valence-corrected chi connectivity index (χ3v) is 7.40. The molecule has 1 N–H and O–H groups in total. The van der Waals surface area contributed by atoms with Crippen LogP contribution in [0, 0.1) is 12.7 Å². The smallest absolute Gasteiger partial charge is 0.415 e. The van der Waals surface area contributed by atoms with Crippen molar-refractivity contribution in [1.29, 1.82) is 0 Å². The molecule has 172 valence electrons. The number of hydrogen-bond acceptors (Lipinski definition) is 5. The normalized spacial score (nSPS) is 14.8. The Hall–Kier alpha value is -3.43. The number of nitrogens with zero attached hydrogens (tertiary/aromatic N) is 2. The van der Waals surface area contributed by atoms with Crippen molar-refractivity contribution in [3.8, 4) is 22.6 Å². The minimum atomic E-state index is -3.64. The Labute approximate surface area is 191 Å². The minimum Gasteiger partial charge on any atom is -0.504 e. The molecule has 1 amide bonds. The van der Waals surface area contributed by atoms with E-state index in [1.54, 1.807) is 42.5 Å². The van der Waals surface area contributed by atoms with Crippen LogP contribution in [0.1, 0.15) is 5.56 Å². The Morgan fingerprint density at radius 2 is 1.52 bits per heavy atom. The number of aromatic hydroxyl groups is 1. The van der Waals surface area contributed by atoms with Gasteiger partial charge in [0, 0.05) is 26.2 Å². The van der Waals surface area contributed by atoms with Gasteiger partial charge in [-0.05, 0) is 54.4 Å². The highest BCUT2D eigenvalue weighted by Gasteiger charge is 2.31. The fraction of sp³-hybridized carbons (Fsp3) is 0.208. The molecule has 0 bridgehead atoms. The number of rotatable bonds is 4. The molecule has 0 unspecified atom stereocenters. The summed E-state index contributed by atoms with van der Waals surface area (Å²) in [5.74, 6) is -0.605. The lowest BCUT2D eigenvalue weighted by Crippen LogP contribution is -2.51. The average molecular weight is 471 g/mol. The third kappa shape index (κ3) is 4.99. The van der Waals surface area contributed by atoms with Crippen LogP contribution in [0.5, 0.6) is 11.5 Å². The molecule has 1 fully saturated rings. The number of aryl methyl sites for hydroxylation is 1. The van der Waals surface area contributed by atoms with Gasteiger partial charge in [-0.2, -0.15) is 4.31 Å². The molecule has 33 heavy (non-hydrogen) atoms. The Morgan fingerprint density at radius 3 is 2.12 bits per heavy atom. The summed E-state index contributed by atoms with van der Waals surface area (Å²) < 4.78 is 45.4. The molecule has 7 nitrogen and oxygen atoms in total. The van der Waals surface area contributed by atoms with E-state index in [4.69, 9.17) is 4.74 Å². The van der Waals surface area contributed by atoms with Gasteiger partial charge >= 0.3 is 6.09 Å². The number of phenols is 1. The summed E-state index contributed by atoms with van der Waals surface area (Å²) in [4.78, 5) is 14.2. The highest BCUT2D eigenvalue weighted by Crippen LogP contribution is 2.32. The van der Waals surface area contributed by atoms with Crippen LogP contribution in [-0.4, -0.2) is 55.0 Å². The molecule has 1 aliphatic heterocycles. The van der Waals surface area contributed by atoms with E-state index in [1.165, 1.54) is 33.5 Å². The topological polar surface area (TPSA) is 87.2 Å². The number of hydrogen-bond donors (Lipinski definition) is 1. The van der Waals surface area contributed by atoms with Crippen molar-refractivity contribution in [3.05, 3.63) is 78.1 Å². The molecule has 1 heterocycles. The number of carbonyl (C=O) groups excluding carboxylic acids is 1. The fourth-order valence-corrected chi connectivity index (χ4v) is 4.98. The molecule has 1 saturated heterocycles. The molecule has 0 aliphatic carbocycles. The van der Waals surface area contributed by atoms with E-state index < -0.39 is 16.1 Å². The van der Waals surface area contributed by atoms with Crippen molar-refractivity contribution in [1.82, 2.24) is 9.21 Å². The van der Waals surface area contributed by atoms with Crippen LogP contribution in [0.3, 0.4) is 0 Å². The average Bonchev–Trinajstić information content (AvgIpc) is 2.81. The predicted molar refractivity (Wildman–Crippen MR) is 121 cm³/mol. The lowest BCUT2D eigenvalue weighted by atomic mass is 10.1. The standard InChI is InChI=1S/C24H23FN2O5S/c1-17-2-9-21(10-3-17)33(30,31)27-14-12-26(13-15-27)24(29)32-23-11-6-19(16-22(23)28)18-4-7-20(25)8-5-18/h2-11,16,28H,12-15H2,1H3. The summed E-state index contributed by atoms with van der Waals surface area (Å²) in [6.45, 7) is 2.49. The summed E-state index contributed by atoms with van der Waals surface area (Å²) in [6, 6.07) is 17.0. The predicted octanol–water partition coefficient (Wildman–Crippen LogP) is 4.01. The number of benzene rings is 3. The van der Waals surface area contributed by atoms with Crippen molar-refractivity contribution in [2.75, 3.05) is 26.2 Å². The molecule has 0 saturated carbocycles. The fourth-order valence-electron chi connectivity index (χ4n) is 3.55. The van der Waals surface area contributed by atoms with Crippen LogP contribution in [0.4, 0.5) is 9.18 Å². The maximum absolute atomic E-state index is 13.1. The van der Waals surface area contributed by atoms with Gasteiger partial charge in [0.15, 0.2) is 11.5 Å².